The Morgan fingerprint density at radius 3 is 2.84 bits per heavy atom. The lowest BCUT2D eigenvalue weighted by Crippen LogP contribution is -2.42. The molecule has 0 bridgehead atoms. The molecule has 6 heteroatoms. The summed E-state index contributed by atoms with van der Waals surface area (Å²) >= 11 is 1.54. The summed E-state index contributed by atoms with van der Waals surface area (Å²) in [5, 5.41) is 17.5. The van der Waals surface area contributed by atoms with Crippen LogP contribution in [0.3, 0.4) is 0 Å². The van der Waals surface area contributed by atoms with E-state index in [1.165, 1.54) is 0 Å². The molecule has 0 aromatic carbocycles. The molecular weight excluding hydrogens is 262 g/mol. The summed E-state index contributed by atoms with van der Waals surface area (Å²) in [6, 6.07) is -0.228. The minimum atomic E-state index is -0.187. The van der Waals surface area contributed by atoms with Gasteiger partial charge in [-0.25, -0.2) is 9.78 Å². The zero-order valence-electron chi connectivity index (χ0n) is 11.8. The van der Waals surface area contributed by atoms with Crippen molar-refractivity contribution >= 4 is 17.4 Å². The third-order valence-corrected chi connectivity index (χ3v) is 3.87. The first-order valence-electron chi connectivity index (χ1n) is 6.53. The van der Waals surface area contributed by atoms with Gasteiger partial charge in [0.05, 0.1) is 6.04 Å². The summed E-state index contributed by atoms with van der Waals surface area (Å²) in [6.07, 6.45) is 3.21. The van der Waals surface area contributed by atoms with Crippen LogP contribution in [0.25, 0.3) is 0 Å². The van der Waals surface area contributed by atoms with E-state index < -0.39 is 0 Å². The van der Waals surface area contributed by atoms with Gasteiger partial charge in [-0.05, 0) is 18.3 Å². The molecule has 0 saturated heterocycles. The average molecular weight is 285 g/mol. The highest BCUT2D eigenvalue weighted by Gasteiger charge is 2.20. The zero-order valence-corrected chi connectivity index (χ0v) is 12.6. The lowest BCUT2D eigenvalue weighted by atomic mass is 9.90. The van der Waals surface area contributed by atoms with Gasteiger partial charge in [0, 0.05) is 24.7 Å². The van der Waals surface area contributed by atoms with Crippen LogP contribution in [0.4, 0.5) is 4.79 Å². The molecule has 108 valence electrons. The molecule has 2 amide bonds. The Balaban J connectivity index is 2.42. The van der Waals surface area contributed by atoms with Crippen molar-refractivity contribution in [2.75, 3.05) is 13.2 Å². The minimum absolute atomic E-state index is 0.0408. The van der Waals surface area contributed by atoms with Crippen LogP contribution in [0.5, 0.6) is 0 Å². The van der Waals surface area contributed by atoms with Crippen molar-refractivity contribution in [3.05, 3.63) is 16.6 Å². The van der Waals surface area contributed by atoms with Gasteiger partial charge in [-0.3, -0.25) is 0 Å². The van der Waals surface area contributed by atoms with Gasteiger partial charge in [0.25, 0.3) is 0 Å². The minimum Gasteiger partial charge on any atom is -0.396 e. The standard InChI is InChI=1S/C13H23N3O2S/c1-4-10(11-14-6-8-19-11)16-12(18)15-9-13(2,3)5-7-17/h6,8,10,17H,4-5,7,9H2,1-3H3,(H2,15,16,18). The lowest BCUT2D eigenvalue weighted by molar-refractivity contribution is 0.200. The maximum atomic E-state index is 11.9. The summed E-state index contributed by atoms with van der Waals surface area (Å²) in [5.41, 5.74) is -0.102. The molecule has 1 unspecified atom stereocenters. The molecule has 0 aliphatic rings. The fraction of sp³-hybridized carbons (Fsp3) is 0.692. The van der Waals surface area contributed by atoms with Gasteiger partial charge in [-0.15, -0.1) is 11.3 Å². The van der Waals surface area contributed by atoms with Crippen LogP contribution in [0.2, 0.25) is 0 Å². The van der Waals surface area contributed by atoms with Crippen molar-refractivity contribution in [3.8, 4) is 0 Å². The molecular formula is C13H23N3O2S. The predicted molar refractivity (Wildman–Crippen MR) is 77.2 cm³/mol. The topological polar surface area (TPSA) is 74.2 Å². The molecule has 0 saturated carbocycles. The lowest BCUT2D eigenvalue weighted by Gasteiger charge is -2.24. The second kappa shape index (κ2) is 7.45. The third kappa shape index (κ3) is 5.57. The summed E-state index contributed by atoms with van der Waals surface area (Å²) in [4.78, 5) is 16.1. The molecule has 1 aromatic rings. The smallest absolute Gasteiger partial charge is 0.315 e. The molecule has 19 heavy (non-hydrogen) atoms. The third-order valence-electron chi connectivity index (χ3n) is 2.98. The fourth-order valence-corrected chi connectivity index (χ4v) is 2.44. The summed E-state index contributed by atoms with van der Waals surface area (Å²) in [5.74, 6) is 0. The van der Waals surface area contributed by atoms with Crippen molar-refractivity contribution in [1.82, 2.24) is 15.6 Å². The van der Waals surface area contributed by atoms with E-state index >= 15 is 0 Å². The molecule has 1 aromatic heterocycles. The molecule has 1 rings (SSSR count). The zero-order chi connectivity index (χ0) is 14.3. The molecule has 0 fully saturated rings. The van der Waals surface area contributed by atoms with E-state index in [0.717, 1.165) is 11.4 Å². The molecule has 0 aliphatic heterocycles. The van der Waals surface area contributed by atoms with E-state index in [1.54, 1.807) is 17.5 Å². The van der Waals surface area contributed by atoms with Gasteiger partial charge in [0.15, 0.2) is 0 Å². The van der Waals surface area contributed by atoms with Gasteiger partial charge >= 0.3 is 6.03 Å². The molecule has 0 radical (unpaired) electrons. The van der Waals surface area contributed by atoms with Gasteiger partial charge in [0.2, 0.25) is 0 Å². The van der Waals surface area contributed by atoms with Crippen molar-refractivity contribution in [1.29, 1.82) is 0 Å². The van der Waals surface area contributed by atoms with Crippen LogP contribution in [0.1, 0.15) is 44.7 Å². The van der Waals surface area contributed by atoms with Crippen molar-refractivity contribution in [2.24, 2.45) is 5.41 Å². The van der Waals surface area contributed by atoms with E-state index in [1.807, 2.05) is 26.2 Å². The second-order valence-electron chi connectivity index (χ2n) is 5.30. The molecule has 0 spiro atoms. The van der Waals surface area contributed by atoms with E-state index in [4.69, 9.17) is 5.11 Å². The molecule has 0 aliphatic carbocycles. The Morgan fingerprint density at radius 2 is 2.32 bits per heavy atom. The number of aliphatic hydroxyl groups is 1. The monoisotopic (exact) mass is 285 g/mol. The number of hydrogen-bond acceptors (Lipinski definition) is 4. The Bertz CT molecular complexity index is 379. The van der Waals surface area contributed by atoms with Crippen LogP contribution in [-0.4, -0.2) is 29.3 Å². The molecule has 1 heterocycles. The number of urea groups is 1. The van der Waals surface area contributed by atoms with E-state index in [2.05, 4.69) is 15.6 Å². The van der Waals surface area contributed by atoms with Crippen LogP contribution in [0, 0.1) is 5.41 Å². The largest absolute Gasteiger partial charge is 0.396 e. The van der Waals surface area contributed by atoms with E-state index in [9.17, 15) is 4.79 Å². The first-order valence-corrected chi connectivity index (χ1v) is 7.41. The number of rotatable bonds is 7. The van der Waals surface area contributed by atoms with Gasteiger partial charge in [-0.1, -0.05) is 20.8 Å². The number of carbonyl (C=O) groups is 1. The van der Waals surface area contributed by atoms with Gasteiger partial charge in [0.1, 0.15) is 5.01 Å². The highest BCUT2D eigenvalue weighted by molar-refractivity contribution is 7.09. The number of thiazole rings is 1. The summed E-state index contributed by atoms with van der Waals surface area (Å²) < 4.78 is 0. The number of aromatic nitrogens is 1. The van der Waals surface area contributed by atoms with E-state index in [0.29, 0.717) is 13.0 Å². The molecule has 1 atom stereocenters. The summed E-state index contributed by atoms with van der Waals surface area (Å²) in [6.45, 7) is 6.71. The van der Waals surface area contributed by atoms with Crippen molar-refractivity contribution in [3.63, 3.8) is 0 Å². The summed E-state index contributed by atoms with van der Waals surface area (Å²) in [7, 11) is 0. The number of aliphatic hydroxyl groups excluding tert-OH is 1. The van der Waals surface area contributed by atoms with Gasteiger partial charge in [-0.2, -0.15) is 0 Å². The number of nitrogens with one attached hydrogen (secondary N) is 2. The van der Waals surface area contributed by atoms with E-state index in [-0.39, 0.29) is 24.1 Å². The Hall–Kier alpha value is -1.14. The van der Waals surface area contributed by atoms with Crippen molar-refractivity contribution in [2.45, 2.75) is 39.7 Å². The average Bonchev–Trinajstić information content (AvgIpc) is 2.87. The SMILES string of the molecule is CCC(NC(=O)NCC(C)(C)CCO)c1nccs1. The van der Waals surface area contributed by atoms with Crippen LogP contribution in [-0.2, 0) is 0 Å². The Morgan fingerprint density at radius 1 is 1.58 bits per heavy atom. The highest BCUT2D eigenvalue weighted by Crippen LogP contribution is 2.19. The van der Waals surface area contributed by atoms with Crippen molar-refractivity contribution < 1.29 is 9.90 Å². The van der Waals surface area contributed by atoms with Crippen LogP contribution >= 0.6 is 11.3 Å². The molecule has 3 N–H and O–H groups in total. The number of carbonyl (C=O) groups excluding carboxylic acids is 1. The molecule has 5 nitrogen and oxygen atoms in total. The maximum absolute atomic E-state index is 11.9. The Labute approximate surface area is 118 Å². The normalized spacial score (nSPS) is 13.1. The number of hydrogen-bond donors (Lipinski definition) is 3. The van der Waals surface area contributed by atoms with Crippen LogP contribution < -0.4 is 10.6 Å². The first-order chi connectivity index (χ1) is 8.98. The maximum Gasteiger partial charge on any atom is 0.315 e. The van der Waals surface area contributed by atoms with Crippen LogP contribution in [0.15, 0.2) is 11.6 Å². The quantitative estimate of drug-likeness (QED) is 0.719. The fourth-order valence-electron chi connectivity index (χ4n) is 1.66. The number of nitrogens with zero attached hydrogens (tertiary/aromatic N) is 1. The van der Waals surface area contributed by atoms with Gasteiger partial charge < -0.3 is 15.7 Å². The second-order valence-corrected chi connectivity index (χ2v) is 6.22. The predicted octanol–water partition coefficient (Wildman–Crippen LogP) is 2.30. The first kappa shape index (κ1) is 15.9. The number of amides is 2. The Kier molecular flexibility index (Phi) is 6.24. The highest BCUT2D eigenvalue weighted by atomic mass is 32.1.